The fraction of sp³-hybridized carbons (Fsp3) is 0.357. The fourth-order valence-electron chi connectivity index (χ4n) is 1.78. The van der Waals surface area contributed by atoms with Crippen LogP contribution in [0.5, 0.6) is 5.75 Å². The molecule has 5 heteroatoms. The fourth-order valence-corrected chi connectivity index (χ4v) is 1.78. The number of aromatic nitrogens is 2. The van der Waals surface area contributed by atoms with Crippen molar-refractivity contribution in [1.82, 2.24) is 15.1 Å². The van der Waals surface area contributed by atoms with Crippen molar-refractivity contribution in [2.24, 2.45) is 0 Å². The zero-order valence-corrected chi connectivity index (χ0v) is 10.9. The zero-order valence-electron chi connectivity index (χ0n) is 10.9. The summed E-state index contributed by atoms with van der Waals surface area (Å²) in [6, 6.07) is 8.37. The molecule has 0 saturated heterocycles. The lowest BCUT2D eigenvalue weighted by molar-refractivity contribution is 0.300. The Hall–Kier alpha value is -1.88. The average molecular weight is 263 g/mol. The molecule has 0 aliphatic rings. The number of rotatable bonds is 7. The van der Waals surface area contributed by atoms with E-state index >= 15 is 0 Å². The van der Waals surface area contributed by atoms with Gasteiger partial charge in [-0.25, -0.2) is 4.39 Å². The molecule has 4 nitrogen and oxygen atoms in total. The number of nitrogens with one attached hydrogen (secondary N) is 1. The van der Waals surface area contributed by atoms with Crippen LogP contribution in [0.25, 0.3) is 0 Å². The molecule has 0 aliphatic carbocycles. The van der Waals surface area contributed by atoms with Crippen LogP contribution in [-0.2, 0) is 6.54 Å². The summed E-state index contributed by atoms with van der Waals surface area (Å²) in [6.07, 6.45) is 3.70. The van der Waals surface area contributed by atoms with Gasteiger partial charge in [-0.15, -0.1) is 0 Å². The molecule has 1 aromatic heterocycles. The predicted octanol–water partition coefficient (Wildman–Crippen LogP) is 2.08. The minimum absolute atomic E-state index is 0.280. The van der Waals surface area contributed by atoms with E-state index in [1.807, 2.05) is 16.9 Å². The van der Waals surface area contributed by atoms with Crippen LogP contribution < -0.4 is 10.1 Å². The van der Waals surface area contributed by atoms with Gasteiger partial charge in [0.15, 0.2) is 0 Å². The van der Waals surface area contributed by atoms with Crippen molar-refractivity contribution >= 4 is 0 Å². The quantitative estimate of drug-likeness (QED) is 0.777. The Morgan fingerprint density at radius 3 is 3.05 bits per heavy atom. The molecule has 1 heterocycles. The molecule has 1 atom stereocenters. The van der Waals surface area contributed by atoms with Crippen LogP contribution in [0.2, 0.25) is 0 Å². The molecule has 19 heavy (non-hydrogen) atoms. The summed E-state index contributed by atoms with van der Waals surface area (Å²) in [7, 11) is 0. The van der Waals surface area contributed by atoms with Crippen LogP contribution in [0, 0.1) is 5.82 Å². The highest BCUT2D eigenvalue weighted by molar-refractivity contribution is 5.22. The van der Waals surface area contributed by atoms with Crippen molar-refractivity contribution in [1.29, 1.82) is 0 Å². The van der Waals surface area contributed by atoms with Gasteiger partial charge in [-0.3, -0.25) is 4.68 Å². The maximum Gasteiger partial charge on any atom is 0.126 e. The lowest BCUT2D eigenvalue weighted by Gasteiger charge is -2.14. The number of hydrogen-bond acceptors (Lipinski definition) is 3. The van der Waals surface area contributed by atoms with Gasteiger partial charge in [-0.1, -0.05) is 6.07 Å². The average Bonchev–Trinajstić information content (AvgIpc) is 2.87. The van der Waals surface area contributed by atoms with Crippen LogP contribution in [0.4, 0.5) is 4.39 Å². The summed E-state index contributed by atoms with van der Waals surface area (Å²) >= 11 is 0. The number of ether oxygens (including phenoxy) is 1. The highest BCUT2D eigenvalue weighted by Crippen LogP contribution is 2.11. The van der Waals surface area contributed by atoms with Crippen molar-refractivity contribution in [2.75, 3.05) is 13.2 Å². The maximum atomic E-state index is 12.9. The molecule has 0 unspecified atom stereocenters. The van der Waals surface area contributed by atoms with Gasteiger partial charge in [0.25, 0.3) is 0 Å². The first-order valence-corrected chi connectivity index (χ1v) is 6.33. The van der Waals surface area contributed by atoms with Gasteiger partial charge in [0, 0.05) is 31.0 Å². The van der Waals surface area contributed by atoms with E-state index in [0.29, 0.717) is 24.9 Å². The van der Waals surface area contributed by atoms with Gasteiger partial charge in [0.1, 0.15) is 18.2 Å². The molecule has 0 spiro atoms. The number of hydrogen-bond donors (Lipinski definition) is 1. The third-order valence-electron chi connectivity index (χ3n) is 2.68. The summed E-state index contributed by atoms with van der Waals surface area (Å²) in [5.41, 5.74) is 0. The van der Waals surface area contributed by atoms with Gasteiger partial charge < -0.3 is 10.1 Å². The van der Waals surface area contributed by atoms with Crippen molar-refractivity contribution in [3.05, 3.63) is 48.5 Å². The van der Waals surface area contributed by atoms with Crippen LogP contribution in [0.15, 0.2) is 42.7 Å². The van der Waals surface area contributed by atoms with Crippen LogP contribution in [0.3, 0.4) is 0 Å². The molecule has 1 N–H and O–H groups in total. The van der Waals surface area contributed by atoms with Crippen molar-refractivity contribution < 1.29 is 9.13 Å². The largest absolute Gasteiger partial charge is 0.492 e. The predicted molar refractivity (Wildman–Crippen MR) is 71.6 cm³/mol. The highest BCUT2D eigenvalue weighted by Gasteiger charge is 2.02. The number of benzene rings is 1. The molecule has 0 amide bonds. The molecule has 0 radical (unpaired) electrons. The topological polar surface area (TPSA) is 39.1 Å². The molecular weight excluding hydrogens is 245 g/mol. The Morgan fingerprint density at radius 1 is 1.42 bits per heavy atom. The van der Waals surface area contributed by atoms with E-state index in [2.05, 4.69) is 17.3 Å². The monoisotopic (exact) mass is 263 g/mol. The maximum absolute atomic E-state index is 12.9. The minimum atomic E-state index is -0.280. The first-order valence-electron chi connectivity index (χ1n) is 6.33. The number of halogens is 1. The van der Waals surface area contributed by atoms with E-state index in [9.17, 15) is 4.39 Å². The summed E-state index contributed by atoms with van der Waals surface area (Å²) in [4.78, 5) is 0. The highest BCUT2D eigenvalue weighted by atomic mass is 19.1. The molecule has 0 saturated carbocycles. The second-order valence-corrected chi connectivity index (χ2v) is 4.39. The molecule has 0 bridgehead atoms. The Labute approximate surface area is 112 Å². The molecule has 2 rings (SSSR count). The molecule has 0 fully saturated rings. The molecule has 102 valence electrons. The Kier molecular flexibility index (Phi) is 4.92. The lowest BCUT2D eigenvalue weighted by Crippen LogP contribution is -2.33. The van der Waals surface area contributed by atoms with Gasteiger partial charge in [-0.2, -0.15) is 5.10 Å². The third kappa shape index (κ3) is 4.71. The molecular formula is C14H18FN3O. The van der Waals surface area contributed by atoms with Crippen LogP contribution in [0.1, 0.15) is 6.92 Å². The van der Waals surface area contributed by atoms with E-state index in [-0.39, 0.29) is 5.82 Å². The minimum Gasteiger partial charge on any atom is -0.492 e. The molecule has 2 aromatic rings. The van der Waals surface area contributed by atoms with Crippen molar-refractivity contribution in [2.45, 2.75) is 19.5 Å². The van der Waals surface area contributed by atoms with E-state index in [0.717, 1.165) is 6.54 Å². The van der Waals surface area contributed by atoms with E-state index in [1.54, 1.807) is 18.3 Å². The van der Waals surface area contributed by atoms with Gasteiger partial charge >= 0.3 is 0 Å². The normalized spacial score (nSPS) is 12.3. The van der Waals surface area contributed by atoms with Crippen LogP contribution in [-0.4, -0.2) is 29.0 Å². The standard InChI is InChI=1S/C14H18FN3O/c1-12(11-18-8-3-6-17-18)16-7-9-19-14-5-2-4-13(15)10-14/h2-6,8,10,12,16H,7,9,11H2,1H3/t12-/m0/s1. The smallest absolute Gasteiger partial charge is 0.126 e. The molecule has 1 aromatic carbocycles. The third-order valence-corrected chi connectivity index (χ3v) is 2.68. The summed E-state index contributed by atoms with van der Waals surface area (Å²) < 4.78 is 20.2. The van der Waals surface area contributed by atoms with Gasteiger partial charge in [-0.05, 0) is 25.1 Å². The molecule has 0 aliphatic heterocycles. The first-order chi connectivity index (χ1) is 9.24. The van der Waals surface area contributed by atoms with Gasteiger partial charge in [0.2, 0.25) is 0 Å². The van der Waals surface area contributed by atoms with Gasteiger partial charge in [0.05, 0.1) is 6.54 Å². The Bertz CT molecular complexity index is 487. The zero-order chi connectivity index (χ0) is 13.5. The summed E-state index contributed by atoms with van der Waals surface area (Å²) in [5.74, 6) is 0.277. The van der Waals surface area contributed by atoms with Crippen LogP contribution >= 0.6 is 0 Å². The lowest BCUT2D eigenvalue weighted by atomic mass is 10.3. The summed E-state index contributed by atoms with van der Waals surface area (Å²) in [6.45, 7) is 4.11. The van der Waals surface area contributed by atoms with E-state index in [4.69, 9.17) is 4.74 Å². The number of nitrogens with zero attached hydrogens (tertiary/aromatic N) is 2. The Balaban J connectivity index is 1.64. The Morgan fingerprint density at radius 2 is 2.32 bits per heavy atom. The van der Waals surface area contributed by atoms with E-state index in [1.165, 1.54) is 12.1 Å². The van der Waals surface area contributed by atoms with Crippen molar-refractivity contribution in [3.8, 4) is 5.75 Å². The van der Waals surface area contributed by atoms with E-state index < -0.39 is 0 Å². The first kappa shape index (κ1) is 13.5. The SMILES string of the molecule is C[C@@H](Cn1cccn1)NCCOc1cccc(F)c1. The van der Waals surface area contributed by atoms with Crippen molar-refractivity contribution in [3.63, 3.8) is 0 Å². The second-order valence-electron chi connectivity index (χ2n) is 4.39. The second kappa shape index (κ2) is 6.89. The summed E-state index contributed by atoms with van der Waals surface area (Å²) in [5, 5.41) is 7.47.